The van der Waals surface area contributed by atoms with Gasteiger partial charge in [-0.05, 0) is 48.9 Å². The Morgan fingerprint density at radius 1 is 0.465 bits per heavy atom. The summed E-state index contributed by atoms with van der Waals surface area (Å²) in [6, 6.07) is 17.3. The molecule has 0 amide bonds. The van der Waals surface area contributed by atoms with Crippen molar-refractivity contribution in [1.82, 2.24) is 0 Å². The molecule has 0 aliphatic rings. The van der Waals surface area contributed by atoms with Crippen molar-refractivity contribution in [3.05, 3.63) is 65.2 Å². The number of anilines is 1. The van der Waals surface area contributed by atoms with E-state index in [2.05, 4.69) is 62.1 Å². The lowest BCUT2D eigenvalue weighted by Crippen LogP contribution is -2.25. The molecule has 43 heavy (non-hydrogen) atoms. The third-order valence-electron chi connectivity index (χ3n) is 9.07. The molecule has 0 radical (unpaired) electrons. The minimum atomic E-state index is 0.219. The van der Waals surface area contributed by atoms with Crippen LogP contribution in [0.3, 0.4) is 0 Å². The van der Waals surface area contributed by atoms with Gasteiger partial charge in [0.25, 0.3) is 0 Å². The second kappa shape index (κ2) is 25.3. The van der Waals surface area contributed by atoms with Crippen LogP contribution < -0.4 is 4.90 Å². The predicted octanol–water partition coefficient (Wildman–Crippen LogP) is 12.7. The van der Waals surface area contributed by atoms with E-state index in [4.69, 9.17) is 0 Å². The van der Waals surface area contributed by atoms with Gasteiger partial charge in [0.2, 0.25) is 0 Å². The third kappa shape index (κ3) is 17.7. The summed E-state index contributed by atoms with van der Waals surface area (Å²) in [5.74, 6) is 0.219. The van der Waals surface area contributed by atoms with Crippen molar-refractivity contribution >= 4 is 11.5 Å². The number of hydrogen-bond acceptors (Lipinski definition) is 2. The van der Waals surface area contributed by atoms with Gasteiger partial charge in [-0.15, -0.1) is 0 Å². The summed E-state index contributed by atoms with van der Waals surface area (Å²) in [7, 11) is 0. The molecule has 0 fully saturated rings. The van der Waals surface area contributed by atoms with Crippen LogP contribution in [0.15, 0.2) is 48.5 Å². The van der Waals surface area contributed by atoms with Crippen LogP contribution in [-0.2, 0) is 12.8 Å². The van der Waals surface area contributed by atoms with Crippen molar-refractivity contribution in [2.75, 3.05) is 18.0 Å². The Morgan fingerprint density at radius 3 is 1.33 bits per heavy atom. The van der Waals surface area contributed by atoms with E-state index in [-0.39, 0.29) is 5.78 Å². The number of hydrogen-bond donors (Lipinski definition) is 0. The fourth-order valence-corrected chi connectivity index (χ4v) is 6.15. The molecule has 0 bridgehead atoms. The molecular weight excluding hydrogens is 522 g/mol. The van der Waals surface area contributed by atoms with Crippen LogP contribution in [0, 0.1) is 0 Å². The Hall–Kier alpha value is -2.09. The Labute approximate surface area is 267 Å². The van der Waals surface area contributed by atoms with Gasteiger partial charge in [0.1, 0.15) is 0 Å². The van der Waals surface area contributed by atoms with Gasteiger partial charge in [-0.2, -0.15) is 0 Å². The number of unbranched alkanes of at least 4 members (excludes halogenated alkanes) is 18. The zero-order valence-electron chi connectivity index (χ0n) is 28.7. The average Bonchev–Trinajstić information content (AvgIpc) is 3.03. The zero-order chi connectivity index (χ0) is 30.8. The normalized spacial score (nSPS) is 11.2. The minimum Gasteiger partial charge on any atom is -0.372 e. The maximum absolute atomic E-state index is 13.0. The van der Waals surface area contributed by atoms with Crippen LogP contribution in [0.2, 0.25) is 0 Å². The standard InChI is InChI=1S/C41H67NO/c1-4-7-10-13-15-17-20-23-34-42(35-24-21-18-16-14-11-8-5-2)40-32-28-38(29-33-40)36-41(43)39-30-26-37(27-31-39)25-22-19-12-9-6-3/h26-33H,4-25,34-36H2,1-3H3. The summed E-state index contributed by atoms with van der Waals surface area (Å²) in [5.41, 5.74) is 4.63. The van der Waals surface area contributed by atoms with Crippen LogP contribution in [0.5, 0.6) is 0 Å². The van der Waals surface area contributed by atoms with Crippen molar-refractivity contribution in [2.45, 2.75) is 168 Å². The Morgan fingerprint density at radius 2 is 0.860 bits per heavy atom. The van der Waals surface area contributed by atoms with Crippen LogP contribution in [0.1, 0.15) is 177 Å². The molecule has 2 rings (SSSR count). The van der Waals surface area contributed by atoms with Crippen molar-refractivity contribution in [2.24, 2.45) is 0 Å². The molecule has 2 nitrogen and oxygen atoms in total. The van der Waals surface area contributed by atoms with Crippen LogP contribution in [-0.4, -0.2) is 18.9 Å². The number of nitrogens with zero attached hydrogens (tertiary/aromatic N) is 1. The first-order chi connectivity index (χ1) is 21.2. The van der Waals surface area contributed by atoms with Gasteiger partial charge in [-0.25, -0.2) is 0 Å². The maximum Gasteiger partial charge on any atom is 0.167 e. The molecule has 0 saturated heterocycles. The zero-order valence-corrected chi connectivity index (χ0v) is 28.7. The van der Waals surface area contributed by atoms with E-state index in [9.17, 15) is 4.79 Å². The molecule has 0 unspecified atom stereocenters. The van der Waals surface area contributed by atoms with E-state index >= 15 is 0 Å². The second-order valence-electron chi connectivity index (χ2n) is 13.1. The molecular formula is C41H67NO. The quantitative estimate of drug-likeness (QED) is 0.0726. The first kappa shape index (κ1) is 37.1. The smallest absolute Gasteiger partial charge is 0.167 e. The fraction of sp³-hybridized carbons (Fsp3) is 0.683. The molecule has 0 aliphatic carbocycles. The molecule has 0 N–H and O–H groups in total. The molecule has 2 aromatic carbocycles. The number of ketones is 1. The van der Waals surface area contributed by atoms with Crippen molar-refractivity contribution < 1.29 is 4.79 Å². The minimum absolute atomic E-state index is 0.219. The number of carbonyl (C=O) groups excluding carboxylic acids is 1. The maximum atomic E-state index is 13.0. The highest BCUT2D eigenvalue weighted by molar-refractivity contribution is 5.97. The molecule has 0 aliphatic heterocycles. The molecule has 0 spiro atoms. The van der Waals surface area contributed by atoms with Gasteiger partial charge in [0, 0.05) is 30.8 Å². The highest BCUT2D eigenvalue weighted by atomic mass is 16.1. The lowest BCUT2D eigenvalue weighted by Gasteiger charge is -2.25. The van der Waals surface area contributed by atoms with E-state index in [1.165, 1.54) is 146 Å². The SMILES string of the molecule is CCCCCCCCCCN(CCCCCCCCCC)c1ccc(CC(=O)c2ccc(CCCCCCC)cc2)cc1. The summed E-state index contributed by atoms with van der Waals surface area (Å²) in [6.07, 6.45) is 29.9. The Balaban J connectivity index is 1.83. The fourth-order valence-electron chi connectivity index (χ4n) is 6.15. The van der Waals surface area contributed by atoms with Crippen LogP contribution in [0.25, 0.3) is 0 Å². The van der Waals surface area contributed by atoms with Gasteiger partial charge in [0.05, 0.1) is 0 Å². The highest BCUT2D eigenvalue weighted by Crippen LogP contribution is 2.20. The number of Topliss-reactive ketones (excluding diaryl/α,β-unsaturated/α-hetero) is 1. The highest BCUT2D eigenvalue weighted by Gasteiger charge is 2.10. The van der Waals surface area contributed by atoms with Crippen molar-refractivity contribution in [1.29, 1.82) is 0 Å². The molecule has 0 heterocycles. The first-order valence-corrected chi connectivity index (χ1v) is 18.6. The Bertz CT molecular complexity index is 896. The number of benzene rings is 2. The molecule has 0 saturated carbocycles. The second-order valence-corrected chi connectivity index (χ2v) is 13.1. The molecule has 2 aromatic rings. The van der Waals surface area contributed by atoms with Gasteiger partial charge < -0.3 is 4.90 Å². The average molecular weight is 590 g/mol. The van der Waals surface area contributed by atoms with Gasteiger partial charge in [-0.1, -0.05) is 173 Å². The number of rotatable bonds is 28. The molecule has 0 atom stereocenters. The van der Waals surface area contributed by atoms with Crippen molar-refractivity contribution in [3.8, 4) is 0 Å². The van der Waals surface area contributed by atoms with E-state index in [0.717, 1.165) is 30.6 Å². The lowest BCUT2D eigenvalue weighted by atomic mass is 9.99. The summed E-state index contributed by atoms with van der Waals surface area (Å²) >= 11 is 0. The van der Waals surface area contributed by atoms with Crippen molar-refractivity contribution in [3.63, 3.8) is 0 Å². The van der Waals surface area contributed by atoms with Crippen LogP contribution in [0.4, 0.5) is 5.69 Å². The molecule has 242 valence electrons. The summed E-state index contributed by atoms with van der Waals surface area (Å²) < 4.78 is 0. The van der Waals surface area contributed by atoms with E-state index in [0.29, 0.717) is 6.42 Å². The predicted molar refractivity (Wildman–Crippen MR) is 191 cm³/mol. The monoisotopic (exact) mass is 590 g/mol. The van der Waals surface area contributed by atoms with Gasteiger partial charge in [-0.3, -0.25) is 4.79 Å². The number of aryl methyl sites for hydroxylation is 1. The van der Waals surface area contributed by atoms with E-state index in [1.807, 2.05) is 12.1 Å². The number of carbonyl (C=O) groups is 1. The third-order valence-corrected chi connectivity index (χ3v) is 9.07. The summed E-state index contributed by atoms with van der Waals surface area (Å²) in [4.78, 5) is 15.6. The largest absolute Gasteiger partial charge is 0.372 e. The van der Waals surface area contributed by atoms with Crippen LogP contribution >= 0.6 is 0 Å². The first-order valence-electron chi connectivity index (χ1n) is 18.6. The van der Waals surface area contributed by atoms with Gasteiger partial charge >= 0.3 is 0 Å². The lowest BCUT2D eigenvalue weighted by molar-refractivity contribution is 0.0993. The van der Waals surface area contributed by atoms with Gasteiger partial charge in [0.15, 0.2) is 5.78 Å². The summed E-state index contributed by atoms with van der Waals surface area (Å²) in [6.45, 7) is 9.14. The van der Waals surface area contributed by atoms with E-state index < -0.39 is 0 Å². The Kier molecular flexibility index (Phi) is 21.8. The molecule has 0 aromatic heterocycles. The topological polar surface area (TPSA) is 20.3 Å². The van der Waals surface area contributed by atoms with E-state index in [1.54, 1.807) is 0 Å². The summed E-state index contributed by atoms with van der Waals surface area (Å²) in [5, 5.41) is 0. The molecule has 2 heteroatoms.